The Hall–Kier alpha value is -2.61. The van der Waals surface area contributed by atoms with E-state index < -0.39 is 0 Å². The second-order valence-corrected chi connectivity index (χ2v) is 9.43. The lowest BCUT2D eigenvalue weighted by Gasteiger charge is -2.37. The first kappa shape index (κ1) is 21.2. The highest BCUT2D eigenvalue weighted by atomic mass is 19.1. The minimum atomic E-state index is -0.312. The molecule has 2 aromatic rings. The van der Waals surface area contributed by atoms with E-state index in [1.165, 1.54) is 12.1 Å². The van der Waals surface area contributed by atoms with Gasteiger partial charge in [0.1, 0.15) is 11.9 Å². The van der Waals surface area contributed by atoms with Crippen LogP contribution >= 0.6 is 0 Å². The van der Waals surface area contributed by atoms with Crippen LogP contribution in [0.4, 0.5) is 16.0 Å². The van der Waals surface area contributed by atoms with Crippen molar-refractivity contribution in [2.45, 2.75) is 31.8 Å². The normalized spacial score (nSPS) is 23.7. The maximum absolute atomic E-state index is 13.2. The molecule has 0 radical (unpaired) electrons. The molecule has 8 heteroatoms. The number of carbonyl (C=O) groups excluding carboxylic acids is 1. The molecule has 3 aliphatic rings. The van der Waals surface area contributed by atoms with Crippen molar-refractivity contribution in [2.75, 3.05) is 55.6 Å². The van der Waals surface area contributed by atoms with Gasteiger partial charge in [-0.25, -0.2) is 9.37 Å². The lowest BCUT2D eigenvalue weighted by molar-refractivity contribution is -0.149. The number of benzene rings is 1. The van der Waals surface area contributed by atoms with Crippen LogP contribution in [-0.4, -0.2) is 72.3 Å². The standard InChI is InChI=1S/C24H32FN5O2/c1-27-13-9-26-23(27)30-11-7-24(8-12-30)18-21(32-22(24)31)6-10-28-14-16-29(17-15-28)20-4-2-19(25)3-5-20/h2-5,9,13,21H,6-8,10-12,14-18H2,1H3/t21-/m0/s1. The van der Waals surface area contributed by atoms with E-state index in [1.807, 2.05) is 36.1 Å². The molecule has 4 heterocycles. The number of carbonyl (C=O) groups is 1. The number of anilines is 2. The van der Waals surface area contributed by atoms with Gasteiger partial charge in [0.15, 0.2) is 0 Å². The molecule has 3 saturated heterocycles. The zero-order valence-corrected chi connectivity index (χ0v) is 18.8. The zero-order valence-electron chi connectivity index (χ0n) is 18.8. The molecule has 172 valence electrons. The number of hydrogen-bond acceptors (Lipinski definition) is 6. The van der Waals surface area contributed by atoms with Crippen LogP contribution in [0.1, 0.15) is 25.7 Å². The predicted octanol–water partition coefficient (Wildman–Crippen LogP) is 2.67. The first-order valence-corrected chi connectivity index (χ1v) is 11.7. The third kappa shape index (κ3) is 4.20. The SMILES string of the molecule is Cn1ccnc1N1CCC2(CC1)C[C@H](CCN1CCN(c3ccc(F)cc3)CC1)OC2=O. The number of esters is 1. The van der Waals surface area contributed by atoms with Crippen LogP contribution in [0.15, 0.2) is 36.7 Å². The van der Waals surface area contributed by atoms with E-state index in [-0.39, 0.29) is 23.3 Å². The largest absolute Gasteiger partial charge is 0.462 e. The van der Waals surface area contributed by atoms with Crippen LogP contribution < -0.4 is 9.80 Å². The van der Waals surface area contributed by atoms with Crippen LogP contribution in [0.2, 0.25) is 0 Å². The molecule has 3 fully saturated rings. The number of piperazine rings is 1. The highest BCUT2D eigenvalue weighted by Gasteiger charge is 2.50. The van der Waals surface area contributed by atoms with Gasteiger partial charge in [-0.05, 0) is 43.5 Å². The Morgan fingerprint density at radius 2 is 1.78 bits per heavy atom. The Kier molecular flexibility index (Phi) is 5.80. The Morgan fingerprint density at radius 1 is 1.06 bits per heavy atom. The Labute approximate surface area is 188 Å². The van der Waals surface area contributed by atoms with E-state index in [2.05, 4.69) is 19.7 Å². The molecule has 0 N–H and O–H groups in total. The quantitative estimate of drug-likeness (QED) is 0.665. The second kappa shape index (κ2) is 8.73. The van der Waals surface area contributed by atoms with Gasteiger partial charge in [-0.2, -0.15) is 0 Å². The summed E-state index contributed by atoms with van der Waals surface area (Å²) >= 11 is 0. The van der Waals surface area contributed by atoms with E-state index in [0.717, 1.165) is 83.1 Å². The number of aryl methyl sites for hydroxylation is 1. The molecule has 0 aliphatic carbocycles. The van der Waals surface area contributed by atoms with E-state index >= 15 is 0 Å². The van der Waals surface area contributed by atoms with Gasteiger partial charge < -0.3 is 19.1 Å². The number of aromatic nitrogens is 2. The fourth-order valence-corrected chi connectivity index (χ4v) is 5.41. The minimum Gasteiger partial charge on any atom is -0.462 e. The summed E-state index contributed by atoms with van der Waals surface area (Å²) in [7, 11) is 2.01. The molecule has 32 heavy (non-hydrogen) atoms. The number of imidazole rings is 1. The topological polar surface area (TPSA) is 53.8 Å². The van der Waals surface area contributed by atoms with Gasteiger partial charge in [-0.3, -0.25) is 9.69 Å². The highest BCUT2D eigenvalue weighted by molar-refractivity contribution is 5.79. The maximum Gasteiger partial charge on any atom is 0.312 e. The Bertz CT molecular complexity index is 930. The molecule has 0 amide bonds. The van der Waals surface area contributed by atoms with Crippen LogP contribution in [0.5, 0.6) is 0 Å². The molecule has 0 unspecified atom stereocenters. The average Bonchev–Trinajstić information content (AvgIpc) is 3.37. The van der Waals surface area contributed by atoms with Gasteiger partial charge in [0.05, 0.1) is 5.41 Å². The maximum atomic E-state index is 13.2. The van der Waals surface area contributed by atoms with Crippen molar-refractivity contribution in [1.82, 2.24) is 14.5 Å². The first-order valence-electron chi connectivity index (χ1n) is 11.7. The van der Waals surface area contributed by atoms with Crippen LogP contribution in [-0.2, 0) is 16.6 Å². The van der Waals surface area contributed by atoms with Gasteiger partial charge in [0, 0.05) is 77.4 Å². The van der Waals surface area contributed by atoms with Crippen LogP contribution in [0, 0.1) is 11.2 Å². The summed E-state index contributed by atoms with van der Waals surface area (Å²) in [5.74, 6) is 0.782. The molecular weight excluding hydrogens is 409 g/mol. The van der Waals surface area contributed by atoms with Crippen LogP contribution in [0.3, 0.4) is 0 Å². The van der Waals surface area contributed by atoms with Gasteiger partial charge in [-0.15, -0.1) is 0 Å². The lowest BCUT2D eigenvalue weighted by atomic mass is 9.76. The number of halogens is 1. The summed E-state index contributed by atoms with van der Waals surface area (Å²) in [4.78, 5) is 24.3. The summed E-state index contributed by atoms with van der Waals surface area (Å²) in [6.07, 6.45) is 7.22. The average molecular weight is 442 g/mol. The second-order valence-electron chi connectivity index (χ2n) is 9.43. The molecule has 0 bridgehead atoms. The molecule has 1 atom stereocenters. The first-order chi connectivity index (χ1) is 15.5. The molecule has 1 aromatic carbocycles. The summed E-state index contributed by atoms with van der Waals surface area (Å²) in [5.41, 5.74) is 0.766. The summed E-state index contributed by atoms with van der Waals surface area (Å²) in [5, 5.41) is 0. The summed E-state index contributed by atoms with van der Waals surface area (Å²) < 4.78 is 21.0. The van der Waals surface area contributed by atoms with Crippen molar-refractivity contribution >= 4 is 17.6 Å². The van der Waals surface area contributed by atoms with E-state index in [1.54, 1.807) is 0 Å². The molecule has 7 nitrogen and oxygen atoms in total. The van der Waals surface area contributed by atoms with Gasteiger partial charge in [-0.1, -0.05) is 0 Å². The van der Waals surface area contributed by atoms with E-state index in [0.29, 0.717) is 0 Å². The smallest absolute Gasteiger partial charge is 0.312 e. The van der Waals surface area contributed by atoms with Crippen molar-refractivity contribution in [3.05, 3.63) is 42.5 Å². The monoisotopic (exact) mass is 441 g/mol. The van der Waals surface area contributed by atoms with E-state index in [4.69, 9.17) is 4.74 Å². The molecule has 1 spiro atoms. The van der Waals surface area contributed by atoms with Crippen molar-refractivity contribution < 1.29 is 13.9 Å². The molecular formula is C24H32FN5O2. The molecule has 3 aliphatic heterocycles. The Morgan fingerprint density at radius 3 is 2.44 bits per heavy atom. The summed E-state index contributed by atoms with van der Waals surface area (Å²) in [6.45, 7) is 6.45. The van der Waals surface area contributed by atoms with Crippen molar-refractivity contribution in [2.24, 2.45) is 12.5 Å². The van der Waals surface area contributed by atoms with Gasteiger partial charge in [0.25, 0.3) is 0 Å². The Balaban J connectivity index is 1.08. The number of rotatable bonds is 5. The molecule has 1 aromatic heterocycles. The summed E-state index contributed by atoms with van der Waals surface area (Å²) in [6, 6.07) is 6.74. The lowest BCUT2D eigenvalue weighted by Crippen LogP contribution is -2.47. The number of ether oxygens (including phenoxy) is 1. The highest BCUT2D eigenvalue weighted by Crippen LogP contribution is 2.44. The number of hydrogen-bond donors (Lipinski definition) is 0. The van der Waals surface area contributed by atoms with Crippen molar-refractivity contribution in [1.29, 1.82) is 0 Å². The van der Waals surface area contributed by atoms with Gasteiger partial charge in [0.2, 0.25) is 5.95 Å². The minimum absolute atomic E-state index is 0.00289. The zero-order chi connectivity index (χ0) is 22.1. The number of cyclic esters (lactones) is 1. The molecule has 5 rings (SSSR count). The fourth-order valence-electron chi connectivity index (χ4n) is 5.41. The van der Waals surface area contributed by atoms with E-state index in [9.17, 15) is 9.18 Å². The predicted molar refractivity (Wildman–Crippen MR) is 121 cm³/mol. The number of nitrogens with zero attached hydrogens (tertiary/aromatic N) is 5. The third-order valence-electron chi connectivity index (χ3n) is 7.46. The van der Waals surface area contributed by atoms with Crippen LogP contribution in [0.25, 0.3) is 0 Å². The number of piperidine rings is 1. The third-order valence-corrected chi connectivity index (χ3v) is 7.46. The van der Waals surface area contributed by atoms with Crippen molar-refractivity contribution in [3.63, 3.8) is 0 Å². The molecule has 0 saturated carbocycles. The fraction of sp³-hybridized carbons (Fsp3) is 0.583. The van der Waals surface area contributed by atoms with Gasteiger partial charge >= 0.3 is 5.97 Å². The van der Waals surface area contributed by atoms with Crippen molar-refractivity contribution in [3.8, 4) is 0 Å².